The molecule has 2 aromatic rings. The molecule has 0 unspecified atom stereocenters. The highest BCUT2D eigenvalue weighted by molar-refractivity contribution is 8.03. The third-order valence-corrected chi connectivity index (χ3v) is 12.7. The monoisotopic (exact) mass is 680 g/mol. The van der Waals surface area contributed by atoms with Crippen LogP contribution in [0.15, 0.2) is 63.8 Å². The summed E-state index contributed by atoms with van der Waals surface area (Å²) in [5.74, 6) is 10.4. The Labute approximate surface area is 287 Å². The lowest BCUT2D eigenvalue weighted by Gasteiger charge is -2.24. The Hall–Kier alpha value is -1.71. The van der Waals surface area contributed by atoms with Crippen LogP contribution >= 0.6 is 47.0 Å². The van der Waals surface area contributed by atoms with Crippen molar-refractivity contribution in [2.45, 2.75) is 40.2 Å². The van der Waals surface area contributed by atoms with Crippen LogP contribution in [-0.4, -0.2) is 77.1 Å². The average molecular weight is 681 g/mol. The SMILES string of the molecule is CCSCCSCCN(CCSCCSCC)Cc1ccc(-c2c3ccc(=O)cc-3oc3cc(N4CCCC4)ccc23)cc1C. The van der Waals surface area contributed by atoms with Gasteiger partial charge in [0, 0.05) is 102 Å². The van der Waals surface area contributed by atoms with E-state index >= 15 is 0 Å². The first kappa shape index (κ1) is 34.6. The van der Waals surface area contributed by atoms with Crippen molar-refractivity contribution in [2.75, 3.05) is 77.1 Å². The molecule has 3 aliphatic rings. The van der Waals surface area contributed by atoms with Crippen molar-refractivity contribution < 1.29 is 4.42 Å². The van der Waals surface area contributed by atoms with E-state index in [0.29, 0.717) is 5.76 Å². The van der Waals surface area contributed by atoms with Crippen molar-refractivity contribution in [3.8, 4) is 22.5 Å². The van der Waals surface area contributed by atoms with Crippen LogP contribution in [0, 0.1) is 6.92 Å². The highest BCUT2D eigenvalue weighted by atomic mass is 32.2. The zero-order valence-electron chi connectivity index (χ0n) is 27.1. The molecule has 2 aromatic carbocycles. The van der Waals surface area contributed by atoms with Crippen molar-refractivity contribution in [2.24, 2.45) is 0 Å². The van der Waals surface area contributed by atoms with E-state index in [4.69, 9.17) is 4.42 Å². The summed E-state index contributed by atoms with van der Waals surface area (Å²) in [6.07, 6.45) is 2.46. The van der Waals surface area contributed by atoms with Gasteiger partial charge in [0.1, 0.15) is 11.3 Å². The maximum atomic E-state index is 12.3. The third kappa shape index (κ3) is 9.66. The highest BCUT2D eigenvalue weighted by Gasteiger charge is 2.20. The number of nitrogens with zero attached hydrogens (tertiary/aromatic N) is 2. The Bertz CT molecular complexity index is 1520. The van der Waals surface area contributed by atoms with Gasteiger partial charge in [0.2, 0.25) is 0 Å². The first-order valence-electron chi connectivity index (χ1n) is 16.5. The predicted octanol–water partition coefficient (Wildman–Crippen LogP) is 9.25. The molecule has 242 valence electrons. The van der Waals surface area contributed by atoms with Gasteiger partial charge in [-0.05, 0) is 72.2 Å². The number of hydrogen-bond acceptors (Lipinski definition) is 8. The first-order chi connectivity index (χ1) is 22.1. The molecule has 0 saturated carbocycles. The summed E-state index contributed by atoms with van der Waals surface area (Å²) in [4.78, 5) is 17.4. The van der Waals surface area contributed by atoms with Gasteiger partial charge >= 0.3 is 0 Å². The Morgan fingerprint density at radius 1 is 0.778 bits per heavy atom. The van der Waals surface area contributed by atoms with Crippen molar-refractivity contribution in [3.63, 3.8) is 0 Å². The van der Waals surface area contributed by atoms with Crippen LogP contribution in [-0.2, 0) is 6.54 Å². The van der Waals surface area contributed by atoms with Gasteiger partial charge in [-0.1, -0.05) is 32.0 Å². The summed E-state index contributed by atoms with van der Waals surface area (Å²) in [7, 11) is 0. The van der Waals surface area contributed by atoms with E-state index in [1.165, 1.54) is 81.2 Å². The number of fused-ring (bicyclic) bond motifs is 2. The number of hydrogen-bond donors (Lipinski definition) is 0. The standard InChI is InChI=1S/C37H48N2O2S4/c1-4-42-20-22-44-18-16-38(17-19-45-23-21-43-5-2)27-30-9-8-29(24-28(30)3)37-33-12-10-31(39-14-6-7-15-39)25-35(33)41-36-26-32(40)11-13-34(36)37/h8-13,24-26H,4-7,14-23,27H2,1-3H3. The van der Waals surface area contributed by atoms with E-state index in [2.05, 4.69) is 90.5 Å². The van der Waals surface area contributed by atoms with Gasteiger partial charge in [-0.15, -0.1) is 0 Å². The fraction of sp³-hybridized carbons (Fsp3) is 0.486. The van der Waals surface area contributed by atoms with Crippen molar-refractivity contribution >= 4 is 63.7 Å². The van der Waals surface area contributed by atoms with Crippen LogP contribution in [0.1, 0.15) is 37.8 Å². The van der Waals surface area contributed by atoms with E-state index in [1.807, 2.05) is 29.6 Å². The molecule has 2 heterocycles. The summed E-state index contributed by atoms with van der Waals surface area (Å²) in [6, 6.07) is 18.8. The summed E-state index contributed by atoms with van der Waals surface area (Å²) >= 11 is 8.26. The molecule has 0 aromatic heterocycles. The van der Waals surface area contributed by atoms with E-state index in [0.717, 1.165) is 54.8 Å². The second kappa shape index (κ2) is 18.0. The minimum Gasteiger partial charge on any atom is -0.456 e. The first-order valence-corrected chi connectivity index (χ1v) is 21.1. The van der Waals surface area contributed by atoms with Crippen LogP contribution in [0.4, 0.5) is 5.69 Å². The Kier molecular flexibility index (Phi) is 13.8. The molecule has 1 fully saturated rings. The summed E-state index contributed by atoms with van der Waals surface area (Å²) in [6.45, 7) is 12.1. The summed E-state index contributed by atoms with van der Waals surface area (Å²) in [5.41, 5.74) is 8.03. The zero-order chi connectivity index (χ0) is 31.4. The molecule has 0 amide bonds. The van der Waals surface area contributed by atoms with Crippen LogP contribution in [0.25, 0.3) is 33.4 Å². The molecule has 4 nitrogen and oxygen atoms in total. The smallest absolute Gasteiger partial charge is 0.182 e. The molecular formula is C37H48N2O2S4. The minimum atomic E-state index is -0.0246. The maximum absolute atomic E-state index is 12.3. The molecule has 1 saturated heterocycles. The second-order valence-corrected chi connectivity index (χ2v) is 16.8. The molecule has 0 radical (unpaired) electrons. The molecule has 0 spiro atoms. The van der Waals surface area contributed by atoms with Crippen molar-refractivity contribution in [1.82, 2.24) is 4.90 Å². The van der Waals surface area contributed by atoms with Crippen molar-refractivity contribution in [3.05, 3.63) is 75.9 Å². The quantitative estimate of drug-likeness (QED) is 0.0761. The van der Waals surface area contributed by atoms with Gasteiger partial charge < -0.3 is 9.32 Å². The van der Waals surface area contributed by atoms with Gasteiger partial charge in [-0.3, -0.25) is 9.69 Å². The van der Waals surface area contributed by atoms with E-state index in [9.17, 15) is 4.79 Å². The third-order valence-electron chi connectivity index (χ3n) is 8.43. The molecule has 0 atom stereocenters. The Morgan fingerprint density at radius 2 is 1.47 bits per heavy atom. The second-order valence-electron chi connectivity index (χ2n) is 11.5. The zero-order valence-corrected chi connectivity index (χ0v) is 30.4. The Balaban J connectivity index is 1.38. The molecule has 1 aliphatic carbocycles. The molecule has 0 N–H and O–H groups in total. The lowest BCUT2D eigenvalue weighted by atomic mass is 9.91. The highest BCUT2D eigenvalue weighted by Crippen LogP contribution is 2.41. The largest absolute Gasteiger partial charge is 0.456 e. The number of aryl methyl sites for hydroxylation is 1. The molecule has 5 rings (SSSR count). The molecule has 45 heavy (non-hydrogen) atoms. The van der Waals surface area contributed by atoms with Crippen molar-refractivity contribution in [1.29, 1.82) is 0 Å². The lowest BCUT2D eigenvalue weighted by molar-refractivity contribution is 0.300. The van der Waals surface area contributed by atoms with Crippen LogP contribution in [0.5, 0.6) is 0 Å². The van der Waals surface area contributed by atoms with E-state index in [1.54, 1.807) is 12.1 Å². The number of rotatable bonds is 18. The average Bonchev–Trinajstić information content (AvgIpc) is 3.59. The summed E-state index contributed by atoms with van der Waals surface area (Å²) in [5, 5.41) is 1.09. The molecular weight excluding hydrogens is 633 g/mol. The van der Waals surface area contributed by atoms with Gasteiger partial charge in [0.05, 0.1) is 0 Å². The number of benzene rings is 3. The van der Waals surface area contributed by atoms with Gasteiger partial charge in [0.25, 0.3) is 0 Å². The minimum absolute atomic E-state index is 0.0246. The predicted molar refractivity (Wildman–Crippen MR) is 207 cm³/mol. The number of thioether (sulfide) groups is 4. The van der Waals surface area contributed by atoms with E-state index < -0.39 is 0 Å². The van der Waals surface area contributed by atoms with Gasteiger partial charge in [0.15, 0.2) is 5.43 Å². The van der Waals surface area contributed by atoms with E-state index in [-0.39, 0.29) is 5.43 Å². The molecule has 2 aliphatic heterocycles. The fourth-order valence-electron chi connectivity index (χ4n) is 6.00. The number of anilines is 1. The maximum Gasteiger partial charge on any atom is 0.182 e. The molecule has 0 bridgehead atoms. The van der Waals surface area contributed by atoms with Crippen LogP contribution in [0.2, 0.25) is 0 Å². The molecule has 8 heteroatoms. The summed E-state index contributed by atoms with van der Waals surface area (Å²) < 4.78 is 6.39. The fourth-order valence-corrected chi connectivity index (χ4v) is 9.64. The van der Waals surface area contributed by atoms with Gasteiger partial charge in [-0.2, -0.15) is 47.0 Å². The normalized spacial score (nSPS) is 13.6. The Morgan fingerprint density at radius 3 is 2.13 bits per heavy atom. The lowest BCUT2D eigenvalue weighted by Crippen LogP contribution is -2.28. The topological polar surface area (TPSA) is 36.7 Å². The van der Waals surface area contributed by atoms with Crippen LogP contribution < -0.4 is 10.3 Å². The van der Waals surface area contributed by atoms with Gasteiger partial charge in [-0.25, -0.2) is 0 Å². The van der Waals surface area contributed by atoms with Crippen LogP contribution in [0.3, 0.4) is 0 Å².